The Morgan fingerprint density at radius 1 is 0.951 bits per heavy atom. The molecule has 1 fully saturated rings. The summed E-state index contributed by atoms with van der Waals surface area (Å²) in [6.07, 6.45) is 0. The van der Waals surface area contributed by atoms with Crippen LogP contribution in [0.2, 0.25) is 0 Å². The molecule has 1 N–H and O–H groups in total. The second-order valence-corrected chi connectivity index (χ2v) is 11.5. The Morgan fingerprint density at radius 3 is 2.29 bits per heavy atom. The smallest absolute Gasteiger partial charge is 0.308 e. The number of amides is 3. The number of rotatable bonds is 6. The highest BCUT2D eigenvalue weighted by Crippen LogP contribution is 2.53. The fraction of sp³-hybridized carbons (Fsp3) is 0.143. The number of fused-ring (bicyclic) bond motifs is 2. The van der Waals surface area contributed by atoms with Gasteiger partial charge in [0.15, 0.2) is 0 Å². The summed E-state index contributed by atoms with van der Waals surface area (Å²) in [5.41, 5.74) is 1.09. The Kier molecular flexibility index (Phi) is 6.75. The van der Waals surface area contributed by atoms with Gasteiger partial charge in [0, 0.05) is 28.6 Å². The van der Waals surface area contributed by atoms with Gasteiger partial charge in [-0.25, -0.2) is 9.29 Å². The predicted molar refractivity (Wildman–Crippen MR) is 151 cm³/mol. The molecule has 2 aliphatic heterocycles. The first kappa shape index (κ1) is 26.6. The van der Waals surface area contributed by atoms with Crippen molar-refractivity contribution in [3.63, 3.8) is 0 Å². The van der Waals surface area contributed by atoms with Crippen LogP contribution < -0.4 is 15.1 Å². The zero-order valence-electron chi connectivity index (χ0n) is 20.9. The maximum atomic E-state index is 13.8. The molecular weight excluding hydrogens is 571 g/mol. The molecule has 0 saturated carbocycles. The summed E-state index contributed by atoms with van der Waals surface area (Å²) in [5.74, 6) is -3.69. The van der Waals surface area contributed by atoms with Crippen LogP contribution in [0.1, 0.15) is 16.4 Å². The van der Waals surface area contributed by atoms with Crippen LogP contribution >= 0.6 is 23.1 Å². The largest absolute Gasteiger partial charge is 0.325 e. The number of carbonyl (C=O) groups is 3. The molecule has 3 amide bonds. The van der Waals surface area contributed by atoms with Gasteiger partial charge in [-0.3, -0.25) is 33.9 Å². The predicted octanol–water partition coefficient (Wildman–Crippen LogP) is 4.39. The minimum atomic E-state index is -0.947. The van der Waals surface area contributed by atoms with E-state index in [0.29, 0.717) is 21.2 Å². The molecule has 6 rings (SSSR count). The summed E-state index contributed by atoms with van der Waals surface area (Å²) < 4.78 is 15.1. The zero-order chi connectivity index (χ0) is 28.8. The van der Waals surface area contributed by atoms with Crippen molar-refractivity contribution in [3.05, 3.63) is 115 Å². The molecule has 3 unspecified atom stereocenters. The van der Waals surface area contributed by atoms with Gasteiger partial charge < -0.3 is 5.32 Å². The first-order valence-electron chi connectivity index (χ1n) is 12.4. The van der Waals surface area contributed by atoms with Crippen LogP contribution in [0.25, 0.3) is 0 Å². The average molecular weight is 591 g/mol. The van der Waals surface area contributed by atoms with E-state index in [4.69, 9.17) is 0 Å². The average Bonchev–Trinajstić information content (AvgIpc) is 3.40. The monoisotopic (exact) mass is 590 g/mol. The van der Waals surface area contributed by atoms with Crippen molar-refractivity contribution in [2.75, 3.05) is 10.2 Å². The number of aromatic nitrogens is 1. The molecule has 4 aromatic rings. The molecule has 1 saturated heterocycles. The number of carbonyl (C=O) groups excluding carboxylic acids is 3. The van der Waals surface area contributed by atoms with Crippen LogP contribution in [0.15, 0.2) is 88.7 Å². The third kappa shape index (κ3) is 4.72. The molecule has 13 heteroatoms. The number of thioether (sulfide) groups is 1. The van der Waals surface area contributed by atoms with Crippen molar-refractivity contribution in [1.29, 1.82) is 0 Å². The Morgan fingerprint density at radius 2 is 1.63 bits per heavy atom. The van der Waals surface area contributed by atoms with E-state index in [2.05, 4.69) is 5.32 Å². The number of nitrogens with zero attached hydrogens (tertiary/aromatic N) is 3. The Balaban J connectivity index is 1.40. The molecular formula is C28H19FN4O6S2. The lowest BCUT2D eigenvalue weighted by Crippen LogP contribution is -2.33. The maximum absolute atomic E-state index is 13.8. The molecule has 1 aromatic heterocycles. The number of anilines is 2. The molecule has 10 nitrogen and oxygen atoms in total. The first-order valence-corrected chi connectivity index (χ1v) is 14.1. The van der Waals surface area contributed by atoms with E-state index >= 15 is 0 Å². The van der Waals surface area contributed by atoms with Crippen molar-refractivity contribution in [2.45, 2.75) is 22.7 Å². The molecule has 3 aromatic carbocycles. The Bertz CT molecular complexity index is 1760. The topological polar surface area (TPSA) is 132 Å². The van der Waals surface area contributed by atoms with E-state index in [-0.39, 0.29) is 17.9 Å². The second-order valence-electron chi connectivity index (χ2n) is 9.42. The first-order chi connectivity index (χ1) is 19.7. The van der Waals surface area contributed by atoms with E-state index in [1.807, 2.05) is 0 Å². The summed E-state index contributed by atoms with van der Waals surface area (Å²) in [5, 5.41) is 13.3. The van der Waals surface area contributed by atoms with Crippen molar-refractivity contribution in [2.24, 2.45) is 5.92 Å². The van der Waals surface area contributed by atoms with Gasteiger partial charge in [0.2, 0.25) is 17.7 Å². The van der Waals surface area contributed by atoms with Crippen molar-refractivity contribution in [3.8, 4) is 0 Å². The van der Waals surface area contributed by atoms with Crippen LogP contribution in [-0.2, 0) is 20.9 Å². The van der Waals surface area contributed by atoms with Gasteiger partial charge in [0.25, 0.3) is 5.69 Å². The SMILES string of the molecule is O=C(Cn1c2c(sc1=O)C(c1ccc(F)cc1)C1C(=O)N(c3ccc([N+](=O)[O-])cc3)C(=O)C1S2)Nc1ccccc1. The number of nitro benzene ring substituents is 1. The number of thiazole rings is 1. The van der Waals surface area contributed by atoms with Crippen molar-refractivity contribution in [1.82, 2.24) is 4.57 Å². The van der Waals surface area contributed by atoms with Gasteiger partial charge in [0.1, 0.15) is 17.6 Å². The van der Waals surface area contributed by atoms with E-state index in [1.54, 1.807) is 30.3 Å². The minimum Gasteiger partial charge on any atom is -0.325 e. The van der Waals surface area contributed by atoms with Crippen LogP contribution in [0.5, 0.6) is 0 Å². The fourth-order valence-corrected chi connectivity index (χ4v) is 7.90. The molecule has 3 heterocycles. The van der Waals surface area contributed by atoms with E-state index in [0.717, 1.165) is 28.0 Å². The molecule has 3 atom stereocenters. The van der Waals surface area contributed by atoms with Gasteiger partial charge in [-0.2, -0.15) is 0 Å². The third-order valence-electron chi connectivity index (χ3n) is 6.96. The van der Waals surface area contributed by atoms with Crippen LogP contribution in [0.4, 0.5) is 21.5 Å². The summed E-state index contributed by atoms with van der Waals surface area (Å²) in [7, 11) is 0. The number of hydrogen-bond acceptors (Lipinski definition) is 8. The molecule has 206 valence electrons. The number of imide groups is 1. The van der Waals surface area contributed by atoms with E-state index in [9.17, 15) is 33.7 Å². The van der Waals surface area contributed by atoms with Gasteiger partial charge in [-0.15, -0.1) is 0 Å². The van der Waals surface area contributed by atoms with Crippen LogP contribution in [0, 0.1) is 21.8 Å². The summed E-state index contributed by atoms with van der Waals surface area (Å²) in [6, 6.07) is 19.4. The van der Waals surface area contributed by atoms with Crippen LogP contribution in [-0.4, -0.2) is 32.5 Å². The van der Waals surface area contributed by atoms with Crippen molar-refractivity contribution < 1.29 is 23.7 Å². The molecule has 41 heavy (non-hydrogen) atoms. The van der Waals surface area contributed by atoms with Gasteiger partial charge in [0.05, 0.1) is 21.6 Å². The molecule has 0 aliphatic carbocycles. The summed E-state index contributed by atoms with van der Waals surface area (Å²) in [4.78, 5) is 65.2. The van der Waals surface area contributed by atoms with E-state index < -0.39 is 50.4 Å². The summed E-state index contributed by atoms with van der Waals surface area (Å²) in [6.45, 7) is -0.311. The molecule has 0 bridgehead atoms. The number of nitro groups is 1. The lowest BCUT2D eigenvalue weighted by atomic mass is 9.83. The van der Waals surface area contributed by atoms with Crippen LogP contribution in [0.3, 0.4) is 0 Å². The number of halogens is 1. The second kappa shape index (κ2) is 10.4. The highest BCUT2D eigenvalue weighted by Gasteiger charge is 2.56. The Hall–Kier alpha value is -4.62. The number of hydrogen-bond donors (Lipinski definition) is 1. The summed E-state index contributed by atoms with van der Waals surface area (Å²) >= 11 is 1.92. The van der Waals surface area contributed by atoms with Gasteiger partial charge in [-0.05, 0) is 42.0 Å². The highest BCUT2D eigenvalue weighted by atomic mass is 32.2. The quantitative estimate of drug-likeness (QED) is 0.200. The third-order valence-corrected chi connectivity index (χ3v) is 9.56. The standard InChI is InChI=1S/C28H19FN4O6S2/c29-16-8-6-15(7-9-16)21-22-23(26(36)32(25(22)35)18-10-12-19(13-11-18)33(38)39)40-27-24(21)41-28(37)31(27)14-20(34)30-17-4-2-1-3-5-17/h1-13,21-23H,14H2,(H,30,34). The molecule has 0 radical (unpaired) electrons. The Labute approximate surface area is 239 Å². The van der Waals surface area contributed by atoms with Crippen molar-refractivity contribution >= 4 is 57.9 Å². The highest BCUT2D eigenvalue weighted by molar-refractivity contribution is 8.00. The number of para-hydroxylation sites is 1. The van der Waals surface area contributed by atoms with Gasteiger partial charge in [-0.1, -0.05) is 53.4 Å². The lowest BCUT2D eigenvalue weighted by Gasteiger charge is -2.30. The zero-order valence-corrected chi connectivity index (χ0v) is 22.6. The number of nitrogens with one attached hydrogen (secondary N) is 1. The lowest BCUT2D eigenvalue weighted by molar-refractivity contribution is -0.384. The minimum absolute atomic E-state index is 0.182. The number of non-ortho nitro benzene ring substituents is 1. The maximum Gasteiger partial charge on any atom is 0.308 e. The normalized spacial score (nSPS) is 19.5. The van der Waals surface area contributed by atoms with Gasteiger partial charge >= 0.3 is 4.87 Å². The molecule has 0 spiro atoms. The fourth-order valence-electron chi connectivity index (χ4n) is 5.13. The number of benzene rings is 3. The molecule has 2 aliphatic rings. The van der Waals surface area contributed by atoms with E-state index in [1.165, 1.54) is 53.1 Å².